The van der Waals surface area contributed by atoms with Crippen molar-refractivity contribution in [3.8, 4) is 5.75 Å². The van der Waals surface area contributed by atoms with E-state index in [2.05, 4.69) is 154 Å². The average molecular weight is 570 g/mol. The summed E-state index contributed by atoms with van der Waals surface area (Å²) in [5, 5.41) is 2.64. The largest absolute Gasteiger partial charge is 0.497 e. The minimum atomic E-state index is -0.180. The van der Waals surface area contributed by atoms with E-state index < -0.39 is 0 Å². The Kier molecular flexibility index (Phi) is 7.54. The first-order valence-electron chi connectivity index (χ1n) is 15.7. The van der Waals surface area contributed by atoms with Crippen LogP contribution in [0.25, 0.3) is 10.8 Å². The first-order valence-corrected chi connectivity index (χ1v) is 15.7. The lowest BCUT2D eigenvalue weighted by Gasteiger charge is -2.29. The lowest BCUT2D eigenvalue weighted by molar-refractivity contribution is -0.439. The number of ether oxygens (including phenoxy) is 1. The van der Waals surface area contributed by atoms with Gasteiger partial charge in [0, 0.05) is 41.9 Å². The average Bonchev–Trinajstić information content (AvgIpc) is 3.34. The predicted molar refractivity (Wildman–Crippen MR) is 182 cm³/mol. The van der Waals surface area contributed by atoms with Gasteiger partial charge in [-0.2, -0.15) is 4.58 Å². The highest BCUT2D eigenvalue weighted by atomic mass is 16.5. The van der Waals surface area contributed by atoms with Gasteiger partial charge in [-0.3, -0.25) is 0 Å². The van der Waals surface area contributed by atoms with Crippen LogP contribution in [0.15, 0.2) is 109 Å². The maximum absolute atomic E-state index is 5.64. The van der Waals surface area contributed by atoms with Crippen molar-refractivity contribution < 1.29 is 9.31 Å². The standard InChI is InChI=1S/C40H45N2O/c1-28(2)24-25-42-35-26-31(43-7)21-22-33(35)39(3,4)36(42)18-13-19-37-40(5,27-29-14-9-8-10-15-29)38-32-17-12-11-16-30(32)20-23-34(38)41(37)6/h8-23,26,28H,24-25,27H2,1-7H3/q+1. The van der Waals surface area contributed by atoms with Crippen LogP contribution in [0.3, 0.4) is 0 Å². The molecule has 2 aliphatic heterocycles. The van der Waals surface area contributed by atoms with Gasteiger partial charge in [0.15, 0.2) is 5.71 Å². The van der Waals surface area contributed by atoms with Crippen LogP contribution in [0.5, 0.6) is 5.75 Å². The highest BCUT2D eigenvalue weighted by molar-refractivity contribution is 6.03. The molecule has 0 N–H and O–H groups in total. The van der Waals surface area contributed by atoms with E-state index >= 15 is 0 Å². The molecule has 0 radical (unpaired) electrons. The fourth-order valence-electron chi connectivity index (χ4n) is 7.38. The van der Waals surface area contributed by atoms with Gasteiger partial charge in [-0.15, -0.1) is 0 Å². The van der Waals surface area contributed by atoms with Crippen molar-refractivity contribution in [2.24, 2.45) is 5.92 Å². The van der Waals surface area contributed by atoms with Gasteiger partial charge in [0.25, 0.3) is 0 Å². The predicted octanol–water partition coefficient (Wildman–Crippen LogP) is 9.36. The van der Waals surface area contributed by atoms with Crippen LogP contribution in [0.2, 0.25) is 0 Å². The molecule has 4 aromatic carbocycles. The van der Waals surface area contributed by atoms with Crippen LogP contribution in [0, 0.1) is 5.92 Å². The monoisotopic (exact) mass is 569 g/mol. The fraction of sp³-hybridized carbons (Fsp3) is 0.325. The summed E-state index contributed by atoms with van der Waals surface area (Å²) in [5.74, 6) is 1.54. The van der Waals surface area contributed by atoms with Crippen LogP contribution in [-0.4, -0.2) is 31.0 Å². The van der Waals surface area contributed by atoms with E-state index in [0.29, 0.717) is 5.92 Å². The summed E-state index contributed by atoms with van der Waals surface area (Å²) in [4.78, 5) is 2.41. The maximum atomic E-state index is 5.64. The number of hydrogen-bond donors (Lipinski definition) is 0. The number of anilines is 1. The van der Waals surface area contributed by atoms with Gasteiger partial charge in [0.1, 0.15) is 12.3 Å². The van der Waals surface area contributed by atoms with Gasteiger partial charge in [-0.25, -0.2) is 0 Å². The molecule has 0 amide bonds. The van der Waals surface area contributed by atoms with E-state index in [1.165, 1.54) is 50.2 Å². The van der Waals surface area contributed by atoms with Crippen LogP contribution in [0.4, 0.5) is 11.4 Å². The van der Waals surface area contributed by atoms with Gasteiger partial charge in [0.2, 0.25) is 5.69 Å². The lowest BCUT2D eigenvalue weighted by Crippen LogP contribution is -2.29. The summed E-state index contributed by atoms with van der Waals surface area (Å²) in [6.45, 7) is 12.7. The second-order valence-corrected chi connectivity index (χ2v) is 13.4. The molecular formula is C40H45N2O+. The zero-order valence-electron chi connectivity index (χ0n) is 26.8. The topological polar surface area (TPSA) is 15.5 Å². The summed E-state index contributed by atoms with van der Waals surface area (Å²) in [6, 6.07) is 30.9. The Morgan fingerprint density at radius 3 is 2.40 bits per heavy atom. The number of methoxy groups -OCH3 is 1. The summed E-state index contributed by atoms with van der Waals surface area (Å²) in [7, 11) is 3.98. The molecule has 0 bridgehead atoms. The molecule has 2 heterocycles. The highest BCUT2D eigenvalue weighted by Crippen LogP contribution is 2.52. The number of benzene rings is 4. The van der Waals surface area contributed by atoms with Gasteiger partial charge < -0.3 is 9.64 Å². The molecule has 0 spiro atoms. The summed E-state index contributed by atoms with van der Waals surface area (Å²) in [6.07, 6.45) is 9.09. The van der Waals surface area contributed by atoms with Crippen molar-refractivity contribution in [3.63, 3.8) is 0 Å². The molecule has 220 valence electrons. The molecule has 0 aromatic heterocycles. The van der Waals surface area contributed by atoms with Crippen molar-refractivity contribution in [1.29, 1.82) is 0 Å². The summed E-state index contributed by atoms with van der Waals surface area (Å²) >= 11 is 0. The van der Waals surface area contributed by atoms with E-state index in [4.69, 9.17) is 4.74 Å². The zero-order valence-corrected chi connectivity index (χ0v) is 26.8. The number of rotatable bonds is 8. The van der Waals surface area contributed by atoms with E-state index in [0.717, 1.165) is 25.1 Å². The SMILES string of the molecule is COc1ccc2c(c1)[N+](CCC(C)C)=C(C=CC=C1N(C)c3ccc4ccccc4c3C1(C)Cc1ccccc1)C2(C)C. The highest BCUT2D eigenvalue weighted by Gasteiger charge is 2.45. The molecule has 0 fully saturated rings. The van der Waals surface area contributed by atoms with Crippen LogP contribution >= 0.6 is 0 Å². The van der Waals surface area contributed by atoms with E-state index in [-0.39, 0.29) is 10.8 Å². The third-order valence-electron chi connectivity index (χ3n) is 9.69. The third-order valence-corrected chi connectivity index (χ3v) is 9.69. The van der Waals surface area contributed by atoms with Gasteiger partial charge in [-0.1, -0.05) is 80.6 Å². The smallest absolute Gasteiger partial charge is 0.213 e. The van der Waals surface area contributed by atoms with Crippen molar-refractivity contribution in [3.05, 3.63) is 126 Å². The molecule has 1 unspecified atom stereocenters. The molecule has 0 saturated carbocycles. The number of allylic oxidation sites excluding steroid dienone is 4. The minimum Gasteiger partial charge on any atom is -0.497 e. The van der Waals surface area contributed by atoms with Gasteiger partial charge in [0.05, 0.1) is 18.6 Å². The number of hydrogen-bond acceptors (Lipinski definition) is 2. The second kappa shape index (κ2) is 11.2. The Balaban J connectivity index is 1.47. The second-order valence-electron chi connectivity index (χ2n) is 13.4. The molecule has 3 nitrogen and oxygen atoms in total. The Morgan fingerprint density at radius 1 is 0.907 bits per heavy atom. The Morgan fingerprint density at radius 2 is 1.65 bits per heavy atom. The number of nitrogens with zero attached hydrogens (tertiary/aromatic N) is 2. The van der Waals surface area contributed by atoms with Crippen molar-refractivity contribution >= 4 is 27.9 Å². The van der Waals surface area contributed by atoms with Crippen molar-refractivity contribution in [1.82, 2.24) is 0 Å². The molecule has 0 aliphatic carbocycles. The van der Waals surface area contributed by atoms with Crippen LogP contribution in [-0.2, 0) is 17.3 Å². The van der Waals surface area contributed by atoms with E-state index in [1.807, 2.05) is 0 Å². The third kappa shape index (κ3) is 4.99. The Bertz CT molecular complexity index is 1760. The molecule has 43 heavy (non-hydrogen) atoms. The zero-order chi connectivity index (χ0) is 30.4. The Labute approximate surface area is 257 Å². The number of likely N-dealkylation sites (N-methyl/N-ethyl adjacent to an activating group) is 1. The molecule has 1 atom stereocenters. The summed E-state index contributed by atoms with van der Waals surface area (Å²) in [5.41, 5.74) is 9.06. The van der Waals surface area contributed by atoms with Crippen LogP contribution < -0.4 is 9.64 Å². The quantitative estimate of drug-likeness (QED) is 0.196. The van der Waals surface area contributed by atoms with E-state index in [1.54, 1.807) is 7.11 Å². The molecule has 6 rings (SSSR count). The molecular weight excluding hydrogens is 524 g/mol. The van der Waals surface area contributed by atoms with Gasteiger partial charge in [-0.05, 0) is 79.3 Å². The molecule has 4 aromatic rings. The number of fused-ring (bicyclic) bond motifs is 4. The maximum Gasteiger partial charge on any atom is 0.213 e. The summed E-state index contributed by atoms with van der Waals surface area (Å²) < 4.78 is 8.17. The van der Waals surface area contributed by atoms with Crippen molar-refractivity contribution in [2.45, 2.75) is 58.3 Å². The molecule has 0 saturated heterocycles. The Hall–Kier alpha value is -4.11. The fourth-order valence-corrected chi connectivity index (χ4v) is 7.38. The van der Waals surface area contributed by atoms with E-state index in [9.17, 15) is 0 Å². The molecule has 2 aliphatic rings. The molecule has 3 heteroatoms. The normalized spacial score (nSPS) is 20.1. The van der Waals surface area contributed by atoms with Crippen LogP contribution in [0.1, 0.15) is 57.7 Å². The minimum absolute atomic E-state index is 0.109. The first-order chi connectivity index (χ1) is 20.6. The van der Waals surface area contributed by atoms with Crippen molar-refractivity contribution in [2.75, 3.05) is 25.6 Å². The van der Waals surface area contributed by atoms with Gasteiger partial charge >= 0.3 is 0 Å². The first kappa shape index (κ1) is 29.0. The lowest BCUT2D eigenvalue weighted by atomic mass is 9.74.